The molecular weight excluding hydrogens is 197 g/mol. The van der Waals surface area contributed by atoms with Gasteiger partial charge in [-0.15, -0.1) is 0 Å². The molecule has 0 bridgehead atoms. The predicted molar refractivity (Wildman–Crippen MR) is 53.4 cm³/mol. The molecule has 2 rings (SSSR count). The Hall–Kier alpha value is -1.97. The smallest absolute Gasteiger partial charge is 0.354 e. The maximum atomic E-state index is 13.0. The Balaban J connectivity index is 2.76. The normalized spacial score (nSPS) is 10.5. The van der Waals surface area contributed by atoms with E-state index < -0.39 is 5.97 Å². The molecule has 0 aliphatic carbocycles. The van der Waals surface area contributed by atoms with Crippen molar-refractivity contribution in [3.63, 3.8) is 0 Å². The van der Waals surface area contributed by atoms with Crippen molar-refractivity contribution >= 4 is 16.9 Å². The molecule has 1 aromatic heterocycles. The molecule has 4 heteroatoms. The highest BCUT2D eigenvalue weighted by Gasteiger charge is 2.07. The number of carboxylic acid groups (broad SMARTS) is 1. The minimum Gasteiger partial charge on any atom is -0.477 e. The molecule has 1 aromatic carbocycles. The van der Waals surface area contributed by atoms with Gasteiger partial charge in [-0.2, -0.15) is 0 Å². The molecule has 0 aliphatic heterocycles. The molecule has 0 radical (unpaired) electrons. The standard InChI is InChI=1S/C11H8FNO2/c1-6-4-8(12)5-7-2-3-9(11(14)15)13-10(6)7/h2-5H,1H3,(H,14,15). The van der Waals surface area contributed by atoms with Gasteiger partial charge < -0.3 is 5.11 Å². The van der Waals surface area contributed by atoms with Gasteiger partial charge in [0.1, 0.15) is 11.5 Å². The van der Waals surface area contributed by atoms with Gasteiger partial charge >= 0.3 is 5.97 Å². The SMILES string of the molecule is Cc1cc(F)cc2ccc(C(=O)O)nc12. The Morgan fingerprint density at radius 1 is 1.40 bits per heavy atom. The van der Waals surface area contributed by atoms with Crippen molar-refractivity contribution in [1.82, 2.24) is 4.98 Å². The van der Waals surface area contributed by atoms with Crippen LogP contribution in [0.1, 0.15) is 16.1 Å². The van der Waals surface area contributed by atoms with E-state index in [1.54, 1.807) is 13.0 Å². The fourth-order valence-electron chi connectivity index (χ4n) is 1.49. The van der Waals surface area contributed by atoms with Gasteiger partial charge in [-0.3, -0.25) is 0 Å². The van der Waals surface area contributed by atoms with E-state index in [0.717, 1.165) is 0 Å². The maximum Gasteiger partial charge on any atom is 0.354 e. The quantitative estimate of drug-likeness (QED) is 0.777. The molecule has 1 N–H and O–H groups in total. The highest BCUT2D eigenvalue weighted by atomic mass is 19.1. The van der Waals surface area contributed by atoms with Crippen LogP contribution in [0, 0.1) is 12.7 Å². The molecular formula is C11H8FNO2. The number of carboxylic acids is 1. The fourth-order valence-corrected chi connectivity index (χ4v) is 1.49. The minimum atomic E-state index is -1.08. The molecule has 0 unspecified atom stereocenters. The van der Waals surface area contributed by atoms with Gasteiger partial charge in [-0.25, -0.2) is 14.2 Å². The lowest BCUT2D eigenvalue weighted by Crippen LogP contribution is -2.00. The molecule has 3 nitrogen and oxygen atoms in total. The Labute approximate surface area is 85.2 Å². The van der Waals surface area contributed by atoms with E-state index in [4.69, 9.17) is 5.11 Å². The number of benzene rings is 1. The van der Waals surface area contributed by atoms with Crippen LogP contribution in [0.5, 0.6) is 0 Å². The van der Waals surface area contributed by atoms with Crippen molar-refractivity contribution in [3.05, 3.63) is 41.3 Å². The summed E-state index contributed by atoms with van der Waals surface area (Å²) >= 11 is 0. The molecule has 0 spiro atoms. The largest absolute Gasteiger partial charge is 0.477 e. The zero-order valence-electron chi connectivity index (χ0n) is 7.99. The topological polar surface area (TPSA) is 50.2 Å². The summed E-state index contributed by atoms with van der Waals surface area (Å²) in [5.41, 5.74) is 1.13. The number of fused-ring (bicyclic) bond motifs is 1. The van der Waals surface area contributed by atoms with Gasteiger partial charge in [0.15, 0.2) is 0 Å². The number of hydrogen-bond donors (Lipinski definition) is 1. The number of aromatic carboxylic acids is 1. The highest BCUT2D eigenvalue weighted by molar-refractivity contribution is 5.90. The first-order valence-corrected chi connectivity index (χ1v) is 4.38. The molecule has 1 heterocycles. The van der Waals surface area contributed by atoms with E-state index in [0.29, 0.717) is 16.5 Å². The average molecular weight is 205 g/mol. The molecule has 0 aliphatic rings. The van der Waals surface area contributed by atoms with Crippen LogP contribution >= 0.6 is 0 Å². The fraction of sp³-hybridized carbons (Fsp3) is 0.0909. The second-order valence-corrected chi connectivity index (χ2v) is 3.30. The van der Waals surface area contributed by atoms with Gasteiger partial charge in [0.2, 0.25) is 0 Å². The zero-order chi connectivity index (χ0) is 11.0. The number of aromatic nitrogens is 1. The number of aryl methyl sites for hydroxylation is 1. The Bertz CT molecular complexity index is 552. The molecule has 0 saturated heterocycles. The first-order valence-electron chi connectivity index (χ1n) is 4.38. The van der Waals surface area contributed by atoms with Crippen LogP contribution in [-0.2, 0) is 0 Å². The summed E-state index contributed by atoms with van der Waals surface area (Å²) in [5.74, 6) is -1.43. The first kappa shape index (κ1) is 9.58. The van der Waals surface area contributed by atoms with Crippen molar-refractivity contribution in [3.8, 4) is 0 Å². The first-order chi connectivity index (χ1) is 7.08. The van der Waals surface area contributed by atoms with E-state index in [2.05, 4.69) is 4.98 Å². The van der Waals surface area contributed by atoms with Crippen molar-refractivity contribution < 1.29 is 14.3 Å². The number of nitrogens with zero attached hydrogens (tertiary/aromatic N) is 1. The highest BCUT2D eigenvalue weighted by Crippen LogP contribution is 2.18. The number of halogens is 1. The van der Waals surface area contributed by atoms with Crippen molar-refractivity contribution in [2.45, 2.75) is 6.92 Å². The summed E-state index contributed by atoms with van der Waals surface area (Å²) in [5, 5.41) is 9.36. The molecule has 0 atom stereocenters. The average Bonchev–Trinajstić information content (AvgIpc) is 2.16. The van der Waals surface area contributed by atoms with Crippen molar-refractivity contribution in [2.75, 3.05) is 0 Å². The Morgan fingerprint density at radius 2 is 2.13 bits per heavy atom. The lowest BCUT2D eigenvalue weighted by atomic mass is 10.1. The number of carbonyl (C=O) groups is 1. The number of pyridine rings is 1. The van der Waals surface area contributed by atoms with Gasteiger partial charge in [0.05, 0.1) is 5.52 Å². The monoisotopic (exact) mass is 205 g/mol. The van der Waals surface area contributed by atoms with Crippen LogP contribution in [0.25, 0.3) is 10.9 Å². The third kappa shape index (κ3) is 1.66. The third-order valence-electron chi connectivity index (χ3n) is 2.17. The molecule has 15 heavy (non-hydrogen) atoms. The summed E-state index contributed by atoms with van der Waals surface area (Å²) in [6, 6.07) is 5.59. The molecule has 2 aromatic rings. The van der Waals surface area contributed by atoms with Crippen LogP contribution in [0.2, 0.25) is 0 Å². The van der Waals surface area contributed by atoms with Crippen LogP contribution in [-0.4, -0.2) is 16.1 Å². The summed E-state index contributed by atoms with van der Waals surface area (Å²) in [4.78, 5) is 14.6. The lowest BCUT2D eigenvalue weighted by molar-refractivity contribution is 0.0691. The molecule has 0 saturated carbocycles. The second-order valence-electron chi connectivity index (χ2n) is 3.30. The maximum absolute atomic E-state index is 13.0. The summed E-state index contributed by atoms with van der Waals surface area (Å²) in [7, 11) is 0. The molecule has 76 valence electrons. The summed E-state index contributed by atoms with van der Waals surface area (Å²) < 4.78 is 13.0. The minimum absolute atomic E-state index is 0.0304. The number of hydrogen-bond acceptors (Lipinski definition) is 2. The van der Waals surface area contributed by atoms with Gasteiger partial charge in [0, 0.05) is 5.39 Å². The molecule has 0 fully saturated rings. The second kappa shape index (κ2) is 3.31. The van der Waals surface area contributed by atoms with Crippen molar-refractivity contribution in [1.29, 1.82) is 0 Å². The summed E-state index contributed by atoms with van der Waals surface area (Å²) in [6.45, 7) is 1.70. The molecule has 0 amide bonds. The van der Waals surface area contributed by atoms with E-state index in [9.17, 15) is 9.18 Å². The van der Waals surface area contributed by atoms with Gasteiger partial charge in [0.25, 0.3) is 0 Å². The summed E-state index contributed by atoms with van der Waals surface area (Å²) in [6.07, 6.45) is 0. The Kier molecular flexibility index (Phi) is 2.11. The zero-order valence-corrected chi connectivity index (χ0v) is 7.99. The van der Waals surface area contributed by atoms with E-state index >= 15 is 0 Å². The third-order valence-corrected chi connectivity index (χ3v) is 2.17. The van der Waals surface area contributed by atoms with Crippen molar-refractivity contribution in [2.24, 2.45) is 0 Å². The van der Waals surface area contributed by atoms with Gasteiger partial charge in [-0.05, 0) is 30.7 Å². The van der Waals surface area contributed by atoms with Crippen LogP contribution < -0.4 is 0 Å². The van der Waals surface area contributed by atoms with Gasteiger partial charge in [-0.1, -0.05) is 6.07 Å². The van der Waals surface area contributed by atoms with E-state index in [-0.39, 0.29) is 11.5 Å². The Morgan fingerprint density at radius 3 is 2.80 bits per heavy atom. The number of rotatable bonds is 1. The van der Waals surface area contributed by atoms with Crippen LogP contribution in [0.4, 0.5) is 4.39 Å². The van der Waals surface area contributed by atoms with Crippen LogP contribution in [0.3, 0.4) is 0 Å². The van der Waals surface area contributed by atoms with E-state index in [1.165, 1.54) is 18.2 Å². The van der Waals surface area contributed by atoms with Crippen LogP contribution in [0.15, 0.2) is 24.3 Å². The lowest BCUT2D eigenvalue weighted by Gasteiger charge is -2.02. The predicted octanol–water partition coefficient (Wildman–Crippen LogP) is 2.38. The van der Waals surface area contributed by atoms with E-state index in [1.807, 2.05) is 0 Å².